The van der Waals surface area contributed by atoms with Crippen LogP contribution in [0.5, 0.6) is 0 Å². The lowest BCUT2D eigenvalue weighted by Crippen LogP contribution is -2.48. The van der Waals surface area contributed by atoms with E-state index in [1.807, 2.05) is 4.90 Å². The van der Waals surface area contributed by atoms with Gasteiger partial charge in [-0.05, 0) is 18.8 Å². The predicted molar refractivity (Wildman–Crippen MR) is 74.0 cm³/mol. The Morgan fingerprint density at radius 2 is 1.84 bits per heavy atom. The predicted octanol–water partition coefficient (Wildman–Crippen LogP) is 2.32. The topological polar surface area (TPSA) is 69.6 Å². The first kappa shape index (κ1) is 15.8. The van der Waals surface area contributed by atoms with E-state index in [1.165, 1.54) is 12.8 Å². The molecule has 0 radical (unpaired) electrons. The van der Waals surface area contributed by atoms with Gasteiger partial charge in [-0.15, -0.1) is 0 Å². The molecule has 110 valence electrons. The average molecular weight is 270 g/mol. The van der Waals surface area contributed by atoms with Crippen molar-refractivity contribution in [3.05, 3.63) is 0 Å². The number of rotatable bonds is 6. The molecule has 2 N–H and O–H groups in total. The van der Waals surface area contributed by atoms with E-state index in [9.17, 15) is 9.59 Å². The number of nitrogens with one attached hydrogen (secondary N) is 1. The molecular weight excluding hydrogens is 244 g/mol. The van der Waals surface area contributed by atoms with Crippen molar-refractivity contribution >= 4 is 12.0 Å². The van der Waals surface area contributed by atoms with Crippen LogP contribution in [0.3, 0.4) is 0 Å². The van der Waals surface area contributed by atoms with Gasteiger partial charge in [0.25, 0.3) is 0 Å². The fraction of sp³-hybridized carbons (Fsp3) is 0.857. The average Bonchev–Trinajstić information content (AvgIpc) is 2.85. The molecule has 2 amide bonds. The summed E-state index contributed by atoms with van der Waals surface area (Å²) >= 11 is 0. The van der Waals surface area contributed by atoms with Gasteiger partial charge in [-0.3, -0.25) is 4.79 Å². The molecule has 0 aromatic heterocycles. The van der Waals surface area contributed by atoms with Gasteiger partial charge in [0.1, 0.15) is 0 Å². The zero-order valence-corrected chi connectivity index (χ0v) is 12.2. The first-order valence-corrected chi connectivity index (χ1v) is 7.19. The summed E-state index contributed by atoms with van der Waals surface area (Å²) in [5.41, 5.74) is 0. The number of carbonyl (C=O) groups is 2. The van der Waals surface area contributed by atoms with E-state index < -0.39 is 11.9 Å². The molecule has 1 aliphatic carbocycles. The minimum atomic E-state index is -0.878. The Labute approximate surface area is 115 Å². The van der Waals surface area contributed by atoms with E-state index in [2.05, 4.69) is 19.2 Å². The van der Waals surface area contributed by atoms with Gasteiger partial charge in [0.05, 0.1) is 5.92 Å². The summed E-state index contributed by atoms with van der Waals surface area (Å²) in [6.07, 6.45) is 4.49. The molecule has 0 bridgehead atoms. The van der Waals surface area contributed by atoms with E-state index in [0.717, 1.165) is 19.4 Å². The fourth-order valence-electron chi connectivity index (χ4n) is 2.44. The largest absolute Gasteiger partial charge is 0.481 e. The molecule has 5 heteroatoms. The van der Waals surface area contributed by atoms with Crippen molar-refractivity contribution in [1.29, 1.82) is 0 Å². The first-order chi connectivity index (χ1) is 8.91. The Hall–Kier alpha value is -1.26. The lowest BCUT2D eigenvalue weighted by Gasteiger charge is -2.31. The molecule has 1 fully saturated rings. The maximum absolute atomic E-state index is 12.2. The van der Waals surface area contributed by atoms with Crippen LogP contribution < -0.4 is 5.32 Å². The number of amides is 2. The maximum Gasteiger partial charge on any atom is 0.317 e. The van der Waals surface area contributed by atoms with Crippen LogP contribution in [0.4, 0.5) is 4.79 Å². The highest BCUT2D eigenvalue weighted by molar-refractivity contribution is 5.76. The third-order valence-corrected chi connectivity index (χ3v) is 3.57. The molecule has 19 heavy (non-hydrogen) atoms. The van der Waals surface area contributed by atoms with Crippen molar-refractivity contribution in [2.45, 2.75) is 52.5 Å². The molecular formula is C14H26N2O3. The SMILES string of the molecule is CC(C)CN(C(=O)NCC(C)C(=O)O)C1CCCC1. The number of aliphatic carboxylic acids is 1. The second-order valence-corrected chi connectivity index (χ2v) is 5.91. The summed E-state index contributed by atoms with van der Waals surface area (Å²) in [6.45, 7) is 6.71. The minimum absolute atomic E-state index is 0.117. The van der Waals surface area contributed by atoms with Crippen molar-refractivity contribution in [1.82, 2.24) is 10.2 Å². The van der Waals surface area contributed by atoms with Crippen molar-refractivity contribution in [2.24, 2.45) is 11.8 Å². The zero-order chi connectivity index (χ0) is 14.4. The zero-order valence-electron chi connectivity index (χ0n) is 12.2. The number of hydrogen-bond acceptors (Lipinski definition) is 2. The number of urea groups is 1. The molecule has 0 heterocycles. The van der Waals surface area contributed by atoms with Gasteiger partial charge in [-0.25, -0.2) is 4.79 Å². The summed E-state index contributed by atoms with van der Waals surface area (Å²) < 4.78 is 0. The van der Waals surface area contributed by atoms with Crippen LogP contribution >= 0.6 is 0 Å². The third kappa shape index (κ3) is 5.09. The van der Waals surface area contributed by atoms with Crippen molar-refractivity contribution in [3.63, 3.8) is 0 Å². The highest BCUT2D eigenvalue weighted by Gasteiger charge is 2.27. The molecule has 5 nitrogen and oxygen atoms in total. The lowest BCUT2D eigenvalue weighted by molar-refractivity contribution is -0.140. The van der Waals surface area contributed by atoms with Gasteiger partial charge in [-0.1, -0.05) is 33.6 Å². The molecule has 0 aliphatic heterocycles. The van der Waals surface area contributed by atoms with Crippen LogP contribution in [-0.2, 0) is 4.79 Å². The highest BCUT2D eigenvalue weighted by Crippen LogP contribution is 2.24. The van der Waals surface area contributed by atoms with Crippen molar-refractivity contribution in [2.75, 3.05) is 13.1 Å². The molecule has 1 rings (SSSR count). The van der Waals surface area contributed by atoms with E-state index in [0.29, 0.717) is 12.0 Å². The van der Waals surface area contributed by atoms with Crippen LogP contribution in [0, 0.1) is 11.8 Å². The second kappa shape index (κ2) is 7.36. The number of hydrogen-bond donors (Lipinski definition) is 2. The Bertz CT molecular complexity index is 312. The van der Waals surface area contributed by atoms with Gasteiger partial charge in [-0.2, -0.15) is 0 Å². The van der Waals surface area contributed by atoms with E-state index in [1.54, 1.807) is 6.92 Å². The van der Waals surface area contributed by atoms with E-state index in [-0.39, 0.29) is 12.6 Å². The van der Waals surface area contributed by atoms with Gasteiger partial charge in [0.15, 0.2) is 0 Å². The summed E-state index contributed by atoms with van der Waals surface area (Å²) in [4.78, 5) is 24.9. The summed E-state index contributed by atoms with van der Waals surface area (Å²) in [7, 11) is 0. The maximum atomic E-state index is 12.2. The monoisotopic (exact) mass is 270 g/mol. The van der Waals surface area contributed by atoms with Crippen LogP contribution in [0.2, 0.25) is 0 Å². The molecule has 1 aliphatic rings. The van der Waals surface area contributed by atoms with Gasteiger partial charge >= 0.3 is 12.0 Å². The minimum Gasteiger partial charge on any atom is -0.481 e. The molecule has 0 aromatic carbocycles. The van der Waals surface area contributed by atoms with E-state index in [4.69, 9.17) is 5.11 Å². The summed E-state index contributed by atoms with van der Waals surface area (Å²) in [5.74, 6) is -1.01. The quantitative estimate of drug-likeness (QED) is 0.778. The van der Waals surface area contributed by atoms with Crippen LogP contribution in [0.1, 0.15) is 46.5 Å². The molecule has 0 spiro atoms. The van der Waals surface area contributed by atoms with Gasteiger partial charge in [0, 0.05) is 19.1 Å². The normalized spacial score (nSPS) is 17.5. The smallest absolute Gasteiger partial charge is 0.317 e. The van der Waals surface area contributed by atoms with Crippen LogP contribution in [0.15, 0.2) is 0 Å². The van der Waals surface area contributed by atoms with Gasteiger partial charge in [0.2, 0.25) is 0 Å². The Kier molecular flexibility index (Phi) is 6.12. The lowest BCUT2D eigenvalue weighted by atomic mass is 10.1. The van der Waals surface area contributed by atoms with Gasteiger partial charge < -0.3 is 15.3 Å². The first-order valence-electron chi connectivity index (χ1n) is 7.19. The van der Waals surface area contributed by atoms with Crippen molar-refractivity contribution in [3.8, 4) is 0 Å². The Morgan fingerprint density at radius 1 is 1.26 bits per heavy atom. The Morgan fingerprint density at radius 3 is 2.32 bits per heavy atom. The molecule has 1 unspecified atom stereocenters. The summed E-state index contributed by atoms with van der Waals surface area (Å²) in [6, 6.07) is 0.205. The number of carbonyl (C=O) groups excluding carboxylic acids is 1. The number of carboxylic acid groups (broad SMARTS) is 1. The summed E-state index contributed by atoms with van der Waals surface area (Å²) in [5, 5.41) is 11.6. The highest BCUT2D eigenvalue weighted by atomic mass is 16.4. The standard InChI is InChI=1S/C14H26N2O3/c1-10(2)9-16(12-6-4-5-7-12)14(19)15-8-11(3)13(17)18/h10-12H,4-9H2,1-3H3,(H,15,19)(H,17,18). The second-order valence-electron chi connectivity index (χ2n) is 5.91. The third-order valence-electron chi connectivity index (χ3n) is 3.57. The molecule has 1 saturated carbocycles. The molecule has 1 atom stereocenters. The van der Waals surface area contributed by atoms with Crippen LogP contribution in [0.25, 0.3) is 0 Å². The van der Waals surface area contributed by atoms with Crippen molar-refractivity contribution < 1.29 is 14.7 Å². The number of carboxylic acids is 1. The fourth-order valence-corrected chi connectivity index (χ4v) is 2.44. The van der Waals surface area contributed by atoms with E-state index >= 15 is 0 Å². The number of nitrogens with zero attached hydrogens (tertiary/aromatic N) is 1. The molecule has 0 aromatic rings. The van der Waals surface area contributed by atoms with Crippen LogP contribution in [-0.4, -0.2) is 41.1 Å². The Balaban J connectivity index is 2.53. The molecule has 0 saturated heterocycles.